The van der Waals surface area contributed by atoms with Crippen LogP contribution in [0.4, 0.5) is 4.79 Å². The molecule has 1 amide bonds. The first-order valence-corrected chi connectivity index (χ1v) is 12.7. The third-order valence-corrected chi connectivity index (χ3v) is 7.84. The standard InChI is InChI=1S/C22H34BrClN2O4S/c1-21(2,3)30-20(27)26-10-8-14(9-11-26)19(25-31(28)22(4,5)6)15-12-17(24)16(23)13-18(15)29-7/h12-14,19,25H,8-11H2,1-7H3. The fourth-order valence-corrected chi connectivity index (χ4v) is 4.81. The first-order chi connectivity index (χ1) is 14.2. The number of hydrogen-bond acceptors (Lipinski definition) is 5. The van der Waals surface area contributed by atoms with Crippen molar-refractivity contribution in [2.45, 2.75) is 70.8 Å². The highest BCUT2D eigenvalue weighted by molar-refractivity contribution is 9.10. The van der Waals surface area contributed by atoms with Crippen LogP contribution in [0.1, 0.15) is 66.0 Å². The van der Waals surface area contributed by atoms with Gasteiger partial charge in [0.1, 0.15) is 16.1 Å². The van der Waals surface area contributed by atoms with Crippen molar-refractivity contribution in [1.29, 1.82) is 0 Å². The molecule has 1 fully saturated rings. The molecule has 1 heterocycles. The topological polar surface area (TPSA) is 73.9 Å². The van der Waals surface area contributed by atoms with Gasteiger partial charge in [0, 0.05) is 34.5 Å². The Balaban J connectivity index is 2.27. The molecule has 2 unspecified atom stereocenters. The maximum Gasteiger partial charge on any atom is 0.410 e. The molecule has 1 aliphatic heterocycles. The van der Waals surface area contributed by atoms with Crippen molar-refractivity contribution in [3.05, 3.63) is 27.2 Å². The van der Waals surface area contributed by atoms with Crippen molar-refractivity contribution < 1.29 is 18.8 Å². The minimum atomic E-state index is -1.29. The number of rotatable bonds is 5. The van der Waals surface area contributed by atoms with Gasteiger partial charge in [-0.25, -0.2) is 4.79 Å². The van der Waals surface area contributed by atoms with Gasteiger partial charge in [0.2, 0.25) is 0 Å². The van der Waals surface area contributed by atoms with E-state index < -0.39 is 21.7 Å². The van der Waals surface area contributed by atoms with Crippen LogP contribution in [0, 0.1) is 5.92 Å². The van der Waals surface area contributed by atoms with Crippen LogP contribution in [0.5, 0.6) is 5.75 Å². The van der Waals surface area contributed by atoms with E-state index in [1.54, 1.807) is 12.0 Å². The average Bonchev–Trinajstić information content (AvgIpc) is 2.66. The normalized spacial score (nSPS) is 17.9. The molecule has 2 atom stereocenters. The van der Waals surface area contributed by atoms with Gasteiger partial charge in [-0.15, -0.1) is 4.72 Å². The van der Waals surface area contributed by atoms with E-state index in [1.165, 1.54) is 0 Å². The molecule has 0 radical (unpaired) electrons. The number of nitrogens with one attached hydrogen (secondary N) is 1. The number of nitrogens with zero attached hydrogens (tertiary/aromatic N) is 1. The smallest absolute Gasteiger partial charge is 0.410 e. The molecule has 0 saturated carbocycles. The molecule has 6 nitrogen and oxygen atoms in total. The van der Waals surface area contributed by atoms with Crippen molar-refractivity contribution in [2.75, 3.05) is 20.2 Å². The lowest BCUT2D eigenvalue weighted by atomic mass is 9.85. The molecule has 0 aromatic heterocycles. The van der Waals surface area contributed by atoms with Gasteiger partial charge in [0.15, 0.2) is 0 Å². The SMILES string of the molecule is COc1cc(Br)c(Cl)cc1C(N[S+]([O-])C(C)(C)C)C1CCN(C(=O)OC(C)(C)C)CC1. The van der Waals surface area contributed by atoms with Crippen LogP contribution in [0.3, 0.4) is 0 Å². The molecule has 0 bridgehead atoms. The third-order valence-electron chi connectivity index (χ3n) is 5.06. The zero-order chi connectivity index (χ0) is 23.6. The van der Waals surface area contributed by atoms with Crippen molar-refractivity contribution in [1.82, 2.24) is 9.62 Å². The number of halogens is 2. The zero-order valence-corrected chi connectivity index (χ0v) is 22.5. The van der Waals surface area contributed by atoms with E-state index in [9.17, 15) is 9.35 Å². The number of carbonyl (C=O) groups excluding carboxylic acids is 1. The first-order valence-electron chi connectivity index (χ1n) is 10.4. The fourth-order valence-electron chi connectivity index (χ4n) is 3.41. The molecule has 1 saturated heterocycles. The number of amides is 1. The Morgan fingerprint density at radius 2 is 1.84 bits per heavy atom. The van der Waals surface area contributed by atoms with Crippen LogP contribution < -0.4 is 9.46 Å². The number of piperidine rings is 1. The van der Waals surface area contributed by atoms with Gasteiger partial charge < -0.3 is 18.9 Å². The van der Waals surface area contributed by atoms with Gasteiger partial charge in [-0.05, 0) is 88.4 Å². The van der Waals surface area contributed by atoms with Gasteiger partial charge >= 0.3 is 6.09 Å². The van der Waals surface area contributed by atoms with Crippen LogP contribution in [0.25, 0.3) is 0 Å². The second kappa shape index (κ2) is 10.5. The fraction of sp³-hybridized carbons (Fsp3) is 0.682. The Morgan fingerprint density at radius 3 is 2.32 bits per heavy atom. The summed E-state index contributed by atoms with van der Waals surface area (Å²) in [5.41, 5.74) is 0.340. The van der Waals surface area contributed by atoms with Crippen LogP contribution in [-0.2, 0) is 16.1 Å². The van der Waals surface area contributed by atoms with E-state index >= 15 is 0 Å². The summed E-state index contributed by atoms with van der Waals surface area (Å²) in [6.45, 7) is 12.5. The van der Waals surface area contributed by atoms with Crippen LogP contribution >= 0.6 is 27.5 Å². The Labute approximate surface area is 202 Å². The molecule has 9 heteroatoms. The maximum absolute atomic E-state index is 13.0. The first kappa shape index (κ1) is 26.6. The predicted molar refractivity (Wildman–Crippen MR) is 130 cm³/mol. The molecule has 176 valence electrons. The number of ether oxygens (including phenoxy) is 2. The number of likely N-dealkylation sites (tertiary alicyclic amines) is 1. The quantitative estimate of drug-likeness (QED) is 0.477. The number of hydrogen-bond donors (Lipinski definition) is 1. The molecule has 1 aliphatic rings. The minimum Gasteiger partial charge on any atom is -0.598 e. The van der Waals surface area contributed by atoms with Gasteiger partial charge in [-0.1, -0.05) is 11.6 Å². The summed E-state index contributed by atoms with van der Waals surface area (Å²) in [4.78, 5) is 14.2. The predicted octanol–water partition coefficient (Wildman–Crippen LogP) is 5.85. The Hall–Kier alpha value is -0.670. The molecule has 1 aromatic carbocycles. The lowest BCUT2D eigenvalue weighted by Crippen LogP contribution is -2.47. The van der Waals surface area contributed by atoms with Gasteiger partial charge in [-0.2, -0.15) is 0 Å². The molecule has 1 aromatic rings. The zero-order valence-electron chi connectivity index (χ0n) is 19.4. The molecule has 31 heavy (non-hydrogen) atoms. The van der Waals surface area contributed by atoms with E-state index in [-0.39, 0.29) is 18.1 Å². The lowest BCUT2D eigenvalue weighted by Gasteiger charge is -2.38. The highest BCUT2D eigenvalue weighted by Gasteiger charge is 2.38. The number of benzene rings is 1. The summed E-state index contributed by atoms with van der Waals surface area (Å²) in [5, 5.41) is 0.565. The highest BCUT2D eigenvalue weighted by atomic mass is 79.9. The summed E-state index contributed by atoms with van der Waals surface area (Å²) < 4.78 is 27.8. The van der Waals surface area contributed by atoms with Crippen molar-refractivity contribution in [3.63, 3.8) is 0 Å². The minimum absolute atomic E-state index is 0.149. The molecular formula is C22H34BrClN2O4S. The van der Waals surface area contributed by atoms with Gasteiger partial charge in [0.05, 0.1) is 18.2 Å². The van der Waals surface area contributed by atoms with Gasteiger partial charge in [-0.3, -0.25) is 0 Å². The van der Waals surface area contributed by atoms with Crippen LogP contribution in [0.2, 0.25) is 5.02 Å². The maximum atomic E-state index is 13.0. The Bertz CT molecular complexity index is 774. The summed E-state index contributed by atoms with van der Waals surface area (Å²) >= 11 is 8.56. The monoisotopic (exact) mass is 536 g/mol. The van der Waals surface area contributed by atoms with E-state index in [2.05, 4.69) is 20.7 Å². The summed E-state index contributed by atoms with van der Waals surface area (Å²) in [7, 11) is 1.61. The lowest BCUT2D eigenvalue weighted by molar-refractivity contribution is 0.0171. The number of methoxy groups -OCH3 is 1. The summed E-state index contributed by atoms with van der Waals surface area (Å²) in [6.07, 6.45) is 1.20. The van der Waals surface area contributed by atoms with Crippen molar-refractivity contribution in [2.24, 2.45) is 5.92 Å². The largest absolute Gasteiger partial charge is 0.598 e. The molecule has 1 N–H and O–H groups in total. The highest BCUT2D eigenvalue weighted by Crippen LogP contribution is 2.40. The van der Waals surface area contributed by atoms with Crippen molar-refractivity contribution in [3.8, 4) is 5.75 Å². The van der Waals surface area contributed by atoms with E-state index in [1.807, 2.05) is 53.7 Å². The summed E-state index contributed by atoms with van der Waals surface area (Å²) in [5.74, 6) is 0.824. The molecule has 2 rings (SSSR count). The van der Waals surface area contributed by atoms with E-state index in [4.69, 9.17) is 21.1 Å². The number of carbonyl (C=O) groups is 1. The van der Waals surface area contributed by atoms with E-state index in [0.29, 0.717) is 23.9 Å². The Morgan fingerprint density at radius 1 is 1.26 bits per heavy atom. The Kier molecular flexibility index (Phi) is 9.01. The van der Waals surface area contributed by atoms with Crippen LogP contribution in [0.15, 0.2) is 16.6 Å². The second-order valence-electron chi connectivity index (χ2n) is 9.79. The molecular weight excluding hydrogens is 504 g/mol. The third kappa shape index (κ3) is 7.42. The summed E-state index contributed by atoms with van der Waals surface area (Å²) in [6, 6.07) is 3.46. The van der Waals surface area contributed by atoms with E-state index in [0.717, 1.165) is 22.9 Å². The van der Waals surface area contributed by atoms with Crippen LogP contribution in [-0.4, -0.2) is 46.1 Å². The second-order valence-corrected chi connectivity index (χ2v) is 13.0. The molecule has 0 aliphatic carbocycles. The van der Waals surface area contributed by atoms with Crippen molar-refractivity contribution >= 4 is 45.0 Å². The molecule has 0 spiro atoms. The van der Waals surface area contributed by atoms with Gasteiger partial charge in [0.25, 0.3) is 0 Å². The average molecular weight is 538 g/mol.